The second kappa shape index (κ2) is 6.26. The molecular formula is C9H14N4O4S3. The third kappa shape index (κ3) is 3.41. The Kier molecular flexibility index (Phi) is 4.86. The molecule has 20 heavy (non-hydrogen) atoms. The summed E-state index contributed by atoms with van der Waals surface area (Å²) in [5.74, 6) is 6.92. The number of anilines is 1. The zero-order valence-corrected chi connectivity index (χ0v) is 12.8. The number of nitrogens with one attached hydrogen (secondary N) is 2. The summed E-state index contributed by atoms with van der Waals surface area (Å²) < 4.78 is 26.9. The van der Waals surface area contributed by atoms with Gasteiger partial charge in [0, 0.05) is 17.9 Å². The van der Waals surface area contributed by atoms with Crippen LogP contribution in [0.2, 0.25) is 0 Å². The fourth-order valence-corrected chi connectivity index (χ4v) is 5.54. The van der Waals surface area contributed by atoms with Gasteiger partial charge in [0.25, 0.3) is 10.0 Å². The van der Waals surface area contributed by atoms with Gasteiger partial charge in [-0.2, -0.15) is 11.8 Å². The molecule has 4 N–H and O–H groups in total. The largest absolute Gasteiger partial charge is 0.310 e. The van der Waals surface area contributed by atoms with Gasteiger partial charge in [0.15, 0.2) is 5.00 Å². The average Bonchev–Trinajstić information content (AvgIpc) is 2.84. The molecule has 0 saturated carbocycles. The van der Waals surface area contributed by atoms with Gasteiger partial charge in [-0.05, 0) is 18.6 Å². The summed E-state index contributed by atoms with van der Waals surface area (Å²) in [7, 11) is -3.75. The molecule has 1 fully saturated rings. The summed E-state index contributed by atoms with van der Waals surface area (Å²) in [4.78, 5) is 10.1. The Morgan fingerprint density at radius 1 is 1.50 bits per heavy atom. The Bertz CT molecular complexity index is 594. The monoisotopic (exact) mass is 338 g/mol. The van der Waals surface area contributed by atoms with Crippen molar-refractivity contribution >= 4 is 43.8 Å². The highest BCUT2D eigenvalue weighted by Crippen LogP contribution is 2.36. The Morgan fingerprint density at radius 2 is 2.25 bits per heavy atom. The Balaban J connectivity index is 2.22. The van der Waals surface area contributed by atoms with Crippen LogP contribution in [0, 0.1) is 10.1 Å². The highest BCUT2D eigenvalue weighted by Gasteiger charge is 2.28. The summed E-state index contributed by atoms with van der Waals surface area (Å²) in [6, 6.07) is 0.896. The Labute approximate surface area is 124 Å². The standard InChI is InChI=1S/C9H14N4O4S3/c10-11-9-7(13(14)15)4-8(19-9)20(16,17)12-6-2-1-3-18-5-6/h4,6,11-12H,1-3,5,10H2. The number of nitrogen functional groups attached to an aromatic ring is 1. The number of thioether (sulfide) groups is 1. The van der Waals surface area contributed by atoms with Crippen molar-refractivity contribution in [2.75, 3.05) is 16.9 Å². The fraction of sp³-hybridized carbons (Fsp3) is 0.556. The Morgan fingerprint density at radius 3 is 2.75 bits per heavy atom. The van der Waals surface area contributed by atoms with E-state index < -0.39 is 14.9 Å². The number of nitrogens with two attached hydrogens (primary N) is 1. The van der Waals surface area contributed by atoms with Gasteiger partial charge < -0.3 is 5.43 Å². The molecule has 11 heteroatoms. The predicted molar refractivity (Wildman–Crippen MR) is 79.5 cm³/mol. The molecule has 1 unspecified atom stereocenters. The quantitative estimate of drug-likeness (QED) is 0.417. The van der Waals surface area contributed by atoms with E-state index in [1.165, 1.54) is 0 Å². The predicted octanol–water partition coefficient (Wildman–Crippen LogP) is 1.12. The molecule has 8 nitrogen and oxygen atoms in total. The van der Waals surface area contributed by atoms with E-state index >= 15 is 0 Å². The van der Waals surface area contributed by atoms with Gasteiger partial charge in [-0.15, -0.1) is 0 Å². The molecule has 1 aromatic heterocycles. The van der Waals surface area contributed by atoms with Crippen LogP contribution in [0.15, 0.2) is 10.3 Å². The van der Waals surface area contributed by atoms with E-state index in [1.807, 2.05) is 0 Å². The SMILES string of the molecule is NNc1sc(S(=O)(=O)NC2CCCSC2)cc1[N+](=O)[O-]. The second-order valence-corrected chi connectivity index (χ2v) is 8.36. The van der Waals surface area contributed by atoms with Crippen molar-refractivity contribution in [2.24, 2.45) is 5.84 Å². The smallest absolute Gasteiger partial charge is 0.306 e. The van der Waals surface area contributed by atoms with Crippen LogP contribution in [0.25, 0.3) is 0 Å². The number of hydrazine groups is 1. The number of sulfonamides is 1. The van der Waals surface area contributed by atoms with Crippen molar-refractivity contribution in [1.29, 1.82) is 0 Å². The van der Waals surface area contributed by atoms with Crippen molar-refractivity contribution in [3.05, 3.63) is 16.2 Å². The first-order valence-electron chi connectivity index (χ1n) is 5.79. The highest BCUT2D eigenvalue weighted by molar-refractivity contribution is 7.99. The third-order valence-electron chi connectivity index (χ3n) is 2.76. The van der Waals surface area contributed by atoms with E-state index in [0.717, 1.165) is 36.0 Å². The van der Waals surface area contributed by atoms with Crippen LogP contribution in [-0.4, -0.2) is 30.9 Å². The number of nitrogens with zero attached hydrogens (tertiary/aromatic N) is 1. The molecule has 0 aliphatic carbocycles. The van der Waals surface area contributed by atoms with Gasteiger partial charge in [-0.25, -0.2) is 19.0 Å². The molecule has 112 valence electrons. The first-order valence-corrected chi connectivity index (χ1v) is 9.24. The van der Waals surface area contributed by atoms with Gasteiger partial charge in [-0.1, -0.05) is 11.3 Å². The van der Waals surface area contributed by atoms with Gasteiger partial charge >= 0.3 is 5.69 Å². The molecule has 1 saturated heterocycles. The Hall–Kier alpha value is -0.880. The minimum absolute atomic E-state index is 0.0217. The van der Waals surface area contributed by atoms with Crippen molar-refractivity contribution in [3.63, 3.8) is 0 Å². The van der Waals surface area contributed by atoms with Crippen molar-refractivity contribution in [3.8, 4) is 0 Å². The van der Waals surface area contributed by atoms with E-state index in [9.17, 15) is 18.5 Å². The van der Waals surface area contributed by atoms with Gasteiger partial charge in [0.2, 0.25) is 0 Å². The molecule has 0 bridgehead atoms. The lowest BCUT2D eigenvalue weighted by Crippen LogP contribution is -2.37. The number of hydrogen-bond donors (Lipinski definition) is 3. The summed E-state index contributed by atoms with van der Waals surface area (Å²) in [5.41, 5.74) is 1.82. The molecule has 0 aromatic carbocycles. The average molecular weight is 338 g/mol. The summed E-state index contributed by atoms with van der Waals surface area (Å²) in [6.45, 7) is 0. The van der Waals surface area contributed by atoms with Gasteiger partial charge in [0.05, 0.1) is 4.92 Å². The van der Waals surface area contributed by atoms with Crippen LogP contribution in [0.3, 0.4) is 0 Å². The normalized spacial score (nSPS) is 19.8. The first kappa shape index (κ1) is 15.5. The molecule has 1 aliphatic rings. The minimum atomic E-state index is -3.75. The van der Waals surface area contributed by atoms with Crippen LogP contribution < -0.4 is 16.0 Å². The third-order valence-corrected chi connectivity index (χ3v) is 7.03. The van der Waals surface area contributed by atoms with E-state index in [4.69, 9.17) is 5.84 Å². The zero-order valence-electron chi connectivity index (χ0n) is 10.4. The maximum atomic E-state index is 12.2. The number of nitro groups is 1. The summed E-state index contributed by atoms with van der Waals surface area (Å²) in [5, 5.41) is 10.8. The second-order valence-electron chi connectivity index (χ2n) is 4.22. The lowest BCUT2D eigenvalue weighted by atomic mass is 10.2. The summed E-state index contributed by atoms with van der Waals surface area (Å²) in [6.07, 6.45) is 1.74. The van der Waals surface area contributed by atoms with Crippen LogP contribution in [0.5, 0.6) is 0 Å². The highest BCUT2D eigenvalue weighted by atomic mass is 32.2. The topological polar surface area (TPSA) is 127 Å². The van der Waals surface area contributed by atoms with E-state index in [-0.39, 0.29) is 20.9 Å². The molecule has 2 rings (SSSR count). The molecule has 1 atom stereocenters. The van der Waals surface area contributed by atoms with Gasteiger partial charge in [-0.3, -0.25) is 10.1 Å². The molecular weight excluding hydrogens is 324 g/mol. The van der Waals surface area contributed by atoms with Crippen molar-refractivity contribution < 1.29 is 13.3 Å². The number of thiophene rings is 1. The van der Waals surface area contributed by atoms with E-state index in [2.05, 4.69) is 10.1 Å². The molecule has 2 heterocycles. The minimum Gasteiger partial charge on any atom is -0.310 e. The lowest BCUT2D eigenvalue weighted by Gasteiger charge is -2.21. The van der Waals surface area contributed by atoms with Crippen molar-refractivity contribution in [1.82, 2.24) is 4.72 Å². The molecule has 1 aromatic rings. The van der Waals surface area contributed by atoms with Crippen LogP contribution in [-0.2, 0) is 10.0 Å². The maximum absolute atomic E-state index is 12.2. The van der Waals surface area contributed by atoms with Crippen LogP contribution in [0.4, 0.5) is 10.7 Å². The lowest BCUT2D eigenvalue weighted by molar-refractivity contribution is -0.383. The van der Waals surface area contributed by atoms with E-state index in [0.29, 0.717) is 5.75 Å². The van der Waals surface area contributed by atoms with Crippen molar-refractivity contribution in [2.45, 2.75) is 23.1 Å². The van der Waals surface area contributed by atoms with Crippen LogP contribution in [0.1, 0.15) is 12.8 Å². The molecule has 0 amide bonds. The molecule has 1 aliphatic heterocycles. The molecule has 0 radical (unpaired) electrons. The fourth-order valence-electron chi connectivity index (χ4n) is 1.84. The summed E-state index contributed by atoms with van der Waals surface area (Å²) >= 11 is 2.44. The van der Waals surface area contributed by atoms with Gasteiger partial charge in [0.1, 0.15) is 4.21 Å². The number of rotatable bonds is 5. The maximum Gasteiger partial charge on any atom is 0.306 e. The first-order chi connectivity index (χ1) is 9.44. The number of hydrogen-bond acceptors (Lipinski definition) is 8. The van der Waals surface area contributed by atoms with Crippen LogP contribution >= 0.6 is 23.1 Å². The van der Waals surface area contributed by atoms with E-state index in [1.54, 1.807) is 11.8 Å². The zero-order chi connectivity index (χ0) is 14.8. The molecule has 0 spiro atoms.